The Morgan fingerprint density at radius 3 is 3.00 bits per heavy atom. The van der Waals surface area contributed by atoms with Crippen molar-refractivity contribution in [3.05, 3.63) is 41.5 Å². The van der Waals surface area contributed by atoms with Gasteiger partial charge in [-0.15, -0.1) is 0 Å². The molecule has 18 heavy (non-hydrogen) atoms. The number of aliphatic hydroxyl groups is 1. The molecule has 0 heterocycles. The summed E-state index contributed by atoms with van der Waals surface area (Å²) in [4.78, 5) is 11.5. The zero-order valence-electron chi connectivity index (χ0n) is 10.7. The Kier molecular flexibility index (Phi) is 6.11. The van der Waals surface area contributed by atoms with E-state index in [4.69, 9.17) is 4.74 Å². The third kappa shape index (κ3) is 5.61. The van der Waals surface area contributed by atoms with Crippen molar-refractivity contribution in [3.63, 3.8) is 0 Å². The molecule has 0 spiro atoms. The van der Waals surface area contributed by atoms with Gasteiger partial charge in [-0.25, -0.2) is 0 Å². The van der Waals surface area contributed by atoms with Gasteiger partial charge in [0.2, 0.25) is 5.91 Å². The van der Waals surface area contributed by atoms with Gasteiger partial charge in [0.15, 0.2) is 0 Å². The summed E-state index contributed by atoms with van der Waals surface area (Å²) in [5, 5.41) is 12.0. The van der Waals surface area contributed by atoms with Crippen molar-refractivity contribution < 1.29 is 14.6 Å². The smallest absolute Gasteiger partial charge is 0.244 e. The van der Waals surface area contributed by atoms with Crippen LogP contribution in [0.3, 0.4) is 0 Å². The SMILES string of the molecule is COCC(O)CNC(=O)/C=C/c1cccc(C)c1. The van der Waals surface area contributed by atoms with Crippen molar-refractivity contribution in [2.45, 2.75) is 13.0 Å². The predicted molar refractivity (Wildman–Crippen MR) is 71.1 cm³/mol. The normalized spacial score (nSPS) is 12.6. The molecule has 1 aromatic rings. The number of benzene rings is 1. The average Bonchev–Trinajstić information content (AvgIpc) is 2.34. The molecule has 0 aliphatic heterocycles. The van der Waals surface area contributed by atoms with Gasteiger partial charge in [0.25, 0.3) is 0 Å². The molecule has 0 aliphatic carbocycles. The molecule has 98 valence electrons. The molecule has 4 heteroatoms. The molecule has 1 rings (SSSR count). The first-order valence-electron chi connectivity index (χ1n) is 5.81. The van der Waals surface area contributed by atoms with Crippen molar-refractivity contribution in [2.75, 3.05) is 20.3 Å². The van der Waals surface area contributed by atoms with Crippen LogP contribution in [0.2, 0.25) is 0 Å². The minimum Gasteiger partial charge on any atom is -0.389 e. The second-order valence-electron chi connectivity index (χ2n) is 4.10. The van der Waals surface area contributed by atoms with Gasteiger partial charge < -0.3 is 15.2 Å². The van der Waals surface area contributed by atoms with Crippen LogP contribution >= 0.6 is 0 Å². The van der Waals surface area contributed by atoms with Crippen molar-refractivity contribution in [3.8, 4) is 0 Å². The third-order valence-electron chi connectivity index (χ3n) is 2.34. The predicted octanol–water partition coefficient (Wildman–Crippen LogP) is 1.13. The van der Waals surface area contributed by atoms with E-state index in [2.05, 4.69) is 5.32 Å². The lowest BCUT2D eigenvalue weighted by Crippen LogP contribution is -2.33. The van der Waals surface area contributed by atoms with Crippen LogP contribution in [0.15, 0.2) is 30.3 Å². The molecular formula is C14H19NO3. The number of aryl methyl sites for hydroxylation is 1. The number of hydrogen-bond acceptors (Lipinski definition) is 3. The van der Waals surface area contributed by atoms with Gasteiger partial charge in [-0.1, -0.05) is 29.8 Å². The molecule has 0 fully saturated rings. The van der Waals surface area contributed by atoms with Crippen LogP contribution in [-0.4, -0.2) is 37.4 Å². The molecular weight excluding hydrogens is 230 g/mol. The van der Waals surface area contributed by atoms with Gasteiger partial charge in [0.05, 0.1) is 12.7 Å². The molecule has 0 aliphatic rings. The maximum absolute atomic E-state index is 11.5. The van der Waals surface area contributed by atoms with Gasteiger partial charge in [-0.3, -0.25) is 4.79 Å². The van der Waals surface area contributed by atoms with E-state index in [1.165, 1.54) is 13.2 Å². The van der Waals surface area contributed by atoms with Crippen LogP contribution in [0.5, 0.6) is 0 Å². The minimum atomic E-state index is -0.675. The van der Waals surface area contributed by atoms with Crippen molar-refractivity contribution in [2.24, 2.45) is 0 Å². The van der Waals surface area contributed by atoms with Crippen LogP contribution in [0, 0.1) is 6.92 Å². The topological polar surface area (TPSA) is 58.6 Å². The number of nitrogens with one attached hydrogen (secondary N) is 1. The highest BCUT2D eigenvalue weighted by molar-refractivity contribution is 5.91. The van der Waals surface area contributed by atoms with E-state index in [1.807, 2.05) is 31.2 Å². The summed E-state index contributed by atoms with van der Waals surface area (Å²) in [5.74, 6) is -0.230. The van der Waals surface area contributed by atoms with Crippen molar-refractivity contribution >= 4 is 12.0 Å². The van der Waals surface area contributed by atoms with E-state index in [9.17, 15) is 9.90 Å². The molecule has 4 nitrogen and oxygen atoms in total. The van der Waals surface area contributed by atoms with Gasteiger partial charge in [-0.2, -0.15) is 0 Å². The summed E-state index contributed by atoms with van der Waals surface area (Å²) in [7, 11) is 1.50. The lowest BCUT2D eigenvalue weighted by atomic mass is 10.1. The largest absolute Gasteiger partial charge is 0.389 e. The summed E-state index contributed by atoms with van der Waals surface area (Å²) < 4.78 is 4.76. The molecule has 0 saturated heterocycles. The lowest BCUT2D eigenvalue weighted by Gasteiger charge is -2.09. The highest BCUT2D eigenvalue weighted by atomic mass is 16.5. The van der Waals surface area contributed by atoms with Crippen LogP contribution in [0.1, 0.15) is 11.1 Å². The Hall–Kier alpha value is -1.65. The Morgan fingerprint density at radius 1 is 1.56 bits per heavy atom. The van der Waals surface area contributed by atoms with E-state index in [-0.39, 0.29) is 19.1 Å². The first-order valence-corrected chi connectivity index (χ1v) is 5.81. The lowest BCUT2D eigenvalue weighted by molar-refractivity contribution is -0.117. The Labute approximate surface area is 107 Å². The van der Waals surface area contributed by atoms with Crippen LogP contribution < -0.4 is 5.32 Å². The quantitative estimate of drug-likeness (QED) is 0.743. The standard InChI is InChI=1S/C14H19NO3/c1-11-4-3-5-12(8-11)6-7-14(17)15-9-13(16)10-18-2/h3-8,13,16H,9-10H2,1-2H3,(H,15,17)/b7-6+. The highest BCUT2D eigenvalue weighted by Crippen LogP contribution is 2.05. The zero-order valence-corrected chi connectivity index (χ0v) is 10.7. The molecule has 1 aromatic carbocycles. The first-order chi connectivity index (χ1) is 8.61. The molecule has 0 saturated carbocycles. The number of rotatable bonds is 6. The second-order valence-corrected chi connectivity index (χ2v) is 4.10. The monoisotopic (exact) mass is 249 g/mol. The number of carbonyl (C=O) groups excluding carboxylic acids is 1. The highest BCUT2D eigenvalue weighted by Gasteiger charge is 2.03. The maximum Gasteiger partial charge on any atom is 0.244 e. The van der Waals surface area contributed by atoms with Crippen molar-refractivity contribution in [1.29, 1.82) is 0 Å². The van der Waals surface area contributed by atoms with Gasteiger partial charge in [0.1, 0.15) is 0 Å². The zero-order chi connectivity index (χ0) is 13.4. The summed E-state index contributed by atoms with van der Waals surface area (Å²) >= 11 is 0. The van der Waals surface area contributed by atoms with Crippen LogP contribution in [0.4, 0.5) is 0 Å². The number of carbonyl (C=O) groups is 1. The summed E-state index contributed by atoms with van der Waals surface area (Å²) in [6.07, 6.45) is 2.52. The van der Waals surface area contributed by atoms with E-state index in [0.29, 0.717) is 0 Å². The van der Waals surface area contributed by atoms with Gasteiger partial charge in [-0.05, 0) is 18.6 Å². The molecule has 1 amide bonds. The molecule has 1 unspecified atom stereocenters. The molecule has 1 atom stereocenters. The second kappa shape index (κ2) is 7.63. The number of ether oxygens (including phenoxy) is 1. The number of aliphatic hydroxyl groups excluding tert-OH is 1. The number of methoxy groups -OCH3 is 1. The van der Waals surface area contributed by atoms with Gasteiger partial charge in [0, 0.05) is 19.7 Å². The first kappa shape index (κ1) is 14.4. The third-order valence-corrected chi connectivity index (χ3v) is 2.34. The fourth-order valence-electron chi connectivity index (χ4n) is 1.47. The van der Waals surface area contributed by atoms with Crippen LogP contribution in [-0.2, 0) is 9.53 Å². The van der Waals surface area contributed by atoms with E-state index < -0.39 is 6.10 Å². The Morgan fingerprint density at radius 2 is 2.33 bits per heavy atom. The van der Waals surface area contributed by atoms with Crippen LogP contribution in [0.25, 0.3) is 6.08 Å². The minimum absolute atomic E-state index is 0.185. The number of amides is 1. The number of hydrogen-bond donors (Lipinski definition) is 2. The maximum atomic E-state index is 11.5. The van der Waals surface area contributed by atoms with E-state index in [1.54, 1.807) is 6.08 Å². The fraction of sp³-hybridized carbons (Fsp3) is 0.357. The summed E-state index contributed by atoms with van der Waals surface area (Å²) in [5.41, 5.74) is 2.12. The Bertz CT molecular complexity index is 415. The molecule has 0 bridgehead atoms. The summed E-state index contributed by atoms with van der Waals surface area (Å²) in [6, 6.07) is 7.86. The molecule has 2 N–H and O–H groups in total. The Balaban J connectivity index is 2.40. The van der Waals surface area contributed by atoms with E-state index in [0.717, 1.165) is 11.1 Å². The average molecular weight is 249 g/mol. The van der Waals surface area contributed by atoms with Gasteiger partial charge >= 0.3 is 0 Å². The molecule has 0 aromatic heterocycles. The summed E-state index contributed by atoms with van der Waals surface area (Å²) in [6.45, 7) is 2.39. The van der Waals surface area contributed by atoms with Crippen molar-refractivity contribution in [1.82, 2.24) is 5.32 Å². The van der Waals surface area contributed by atoms with E-state index >= 15 is 0 Å². The fourth-order valence-corrected chi connectivity index (χ4v) is 1.47. The molecule has 0 radical (unpaired) electrons.